The molecule has 3 aromatic rings. The number of carbonyl (C=O) groups excluding carboxylic acids is 2. The van der Waals surface area contributed by atoms with Crippen molar-refractivity contribution in [2.45, 2.75) is 24.6 Å². The number of halogens is 3. The first-order chi connectivity index (χ1) is 19.2. The van der Waals surface area contributed by atoms with Gasteiger partial charge < -0.3 is 24.3 Å². The van der Waals surface area contributed by atoms with Crippen LogP contribution in [0.25, 0.3) is 0 Å². The largest absolute Gasteiger partial charge is 0.573 e. The minimum absolute atomic E-state index is 0.113. The molecule has 13 heteroatoms. The van der Waals surface area contributed by atoms with E-state index in [1.807, 2.05) is 6.07 Å². The molecule has 5 rings (SSSR count). The monoisotopic (exact) mass is 573 g/mol. The Morgan fingerprint density at radius 2 is 1.75 bits per heavy atom. The third kappa shape index (κ3) is 6.60. The Balaban J connectivity index is 1.35. The van der Waals surface area contributed by atoms with E-state index < -0.39 is 23.3 Å². The molecular weight excluding hydrogens is 551 g/mol. The average molecular weight is 574 g/mol. The summed E-state index contributed by atoms with van der Waals surface area (Å²) in [5, 5.41) is 2.13. The van der Waals surface area contributed by atoms with E-state index in [0.717, 1.165) is 29.5 Å². The second-order valence-electron chi connectivity index (χ2n) is 8.63. The number of hydrogen-bond donors (Lipinski definition) is 1. The molecule has 0 saturated carbocycles. The van der Waals surface area contributed by atoms with Crippen molar-refractivity contribution < 1.29 is 41.7 Å². The standard InChI is InChI=1S/C27H22F3N3O6S/c1-36-19-7-3-18(4-8-19)32-26-33(14-16-2-11-21-22(12-16)38-15-37-21)24(34)13-23(40-26)25(35)31-17-5-9-20(10-6-17)39-27(28,29)30/h2-12,23H,13-15H2,1H3,(H,31,35)/t23-/m1/s1. The smallest absolute Gasteiger partial charge is 0.497 e. The van der Waals surface area contributed by atoms with E-state index in [4.69, 9.17) is 14.2 Å². The molecule has 1 N–H and O–H groups in total. The Labute approximate surface area is 230 Å². The maximum Gasteiger partial charge on any atom is 0.573 e. The van der Waals surface area contributed by atoms with Crippen molar-refractivity contribution in [3.63, 3.8) is 0 Å². The van der Waals surface area contributed by atoms with Crippen LogP contribution in [0.3, 0.4) is 0 Å². The number of nitrogens with one attached hydrogen (secondary N) is 1. The molecule has 9 nitrogen and oxygen atoms in total. The summed E-state index contributed by atoms with van der Waals surface area (Å²) in [5.41, 5.74) is 1.59. The molecule has 0 radical (unpaired) electrons. The van der Waals surface area contributed by atoms with Crippen LogP contribution in [-0.4, -0.2) is 47.4 Å². The first kappa shape index (κ1) is 27.2. The number of rotatable bonds is 7. The highest BCUT2D eigenvalue weighted by Gasteiger charge is 2.36. The zero-order chi connectivity index (χ0) is 28.3. The van der Waals surface area contributed by atoms with Crippen molar-refractivity contribution in [3.8, 4) is 23.0 Å². The lowest BCUT2D eigenvalue weighted by molar-refractivity contribution is -0.274. The number of fused-ring (bicyclic) bond motifs is 1. The van der Waals surface area contributed by atoms with Crippen molar-refractivity contribution in [2.75, 3.05) is 19.2 Å². The van der Waals surface area contributed by atoms with Crippen molar-refractivity contribution in [1.82, 2.24) is 4.90 Å². The van der Waals surface area contributed by atoms with E-state index in [1.54, 1.807) is 43.5 Å². The first-order valence-electron chi connectivity index (χ1n) is 11.9. The van der Waals surface area contributed by atoms with Gasteiger partial charge in [0.15, 0.2) is 16.7 Å². The molecule has 2 heterocycles. The second-order valence-corrected chi connectivity index (χ2v) is 9.80. The Morgan fingerprint density at radius 1 is 1.05 bits per heavy atom. The summed E-state index contributed by atoms with van der Waals surface area (Å²) in [6.45, 7) is 0.308. The van der Waals surface area contributed by atoms with Gasteiger partial charge in [0, 0.05) is 12.1 Å². The number of ether oxygens (including phenoxy) is 4. The van der Waals surface area contributed by atoms with Crippen molar-refractivity contribution >= 4 is 40.1 Å². The van der Waals surface area contributed by atoms with Crippen LogP contribution < -0.4 is 24.3 Å². The number of aliphatic imine (C=N–C) groups is 1. The van der Waals surface area contributed by atoms with E-state index in [1.165, 1.54) is 17.0 Å². The maximum atomic E-state index is 13.3. The fourth-order valence-corrected chi connectivity index (χ4v) is 5.05. The van der Waals surface area contributed by atoms with Crippen LogP contribution in [0.15, 0.2) is 71.7 Å². The van der Waals surface area contributed by atoms with Crippen molar-refractivity contribution in [3.05, 3.63) is 72.3 Å². The molecule has 2 aliphatic heterocycles. The van der Waals surface area contributed by atoms with E-state index in [9.17, 15) is 22.8 Å². The zero-order valence-electron chi connectivity index (χ0n) is 20.9. The summed E-state index contributed by atoms with van der Waals surface area (Å²) in [6.07, 6.45) is -4.94. The predicted octanol–water partition coefficient (Wildman–Crippen LogP) is 5.48. The zero-order valence-corrected chi connectivity index (χ0v) is 21.8. The molecular formula is C27H22F3N3O6S. The number of thioether (sulfide) groups is 1. The summed E-state index contributed by atoms with van der Waals surface area (Å²) in [4.78, 5) is 32.6. The van der Waals surface area contributed by atoms with Gasteiger partial charge in [-0.3, -0.25) is 14.5 Å². The van der Waals surface area contributed by atoms with Crippen LogP contribution in [0.5, 0.6) is 23.0 Å². The average Bonchev–Trinajstić information content (AvgIpc) is 3.39. The Bertz CT molecular complexity index is 1430. The Hall–Kier alpha value is -4.39. The van der Waals surface area contributed by atoms with Crippen LogP contribution >= 0.6 is 11.8 Å². The number of alkyl halides is 3. The highest BCUT2D eigenvalue weighted by Crippen LogP contribution is 2.35. The first-order valence-corrected chi connectivity index (χ1v) is 12.8. The fourth-order valence-electron chi connectivity index (χ4n) is 3.95. The van der Waals surface area contributed by atoms with Gasteiger partial charge in [-0.1, -0.05) is 17.8 Å². The summed E-state index contributed by atoms with van der Waals surface area (Å²) in [5.74, 6) is 0.598. The molecule has 3 aromatic carbocycles. The SMILES string of the molecule is COc1ccc(N=C2S[C@@H](C(=O)Nc3ccc(OC(F)(F)F)cc3)CC(=O)N2Cc2ccc3c(c2)OCO3)cc1. The fraction of sp³-hybridized carbons (Fsp3) is 0.222. The lowest BCUT2D eigenvalue weighted by atomic mass is 10.1. The molecule has 40 heavy (non-hydrogen) atoms. The lowest BCUT2D eigenvalue weighted by Gasteiger charge is -2.32. The van der Waals surface area contributed by atoms with Crippen molar-refractivity contribution in [1.29, 1.82) is 0 Å². The molecule has 0 unspecified atom stereocenters. The summed E-state index contributed by atoms with van der Waals surface area (Å²) >= 11 is 1.11. The molecule has 1 saturated heterocycles. The number of hydrogen-bond acceptors (Lipinski definition) is 8. The van der Waals surface area contributed by atoms with Gasteiger partial charge in [-0.05, 0) is 66.2 Å². The molecule has 0 bridgehead atoms. The van der Waals surface area contributed by atoms with Gasteiger partial charge in [0.1, 0.15) is 16.7 Å². The van der Waals surface area contributed by atoms with E-state index in [0.29, 0.717) is 28.1 Å². The third-order valence-corrected chi connectivity index (χ3v) is 7.05. The van der Waals surface area contributed by atoms with Crippen LogP contribution in [-0.2, 0) is 16.1 Å². The van der Waals surface area contributed by atoms with Crippen LogP contribution in [0.4, 0.5) is 24.5 Å². The van der Waals surface area contributed by atoms with Crippen LogP contribution in [0, 0.1) is 0 Å². The summed E-state index contributed by atoms with van der Waals surface area (Å²) in [7, 11) is 1.55. The van der Waals surface area contributed by atoms with Gasteiger partial charge in [-0.25, -0.2) is 4.99 Å². The van der Waals surface area contributed by atoms with E-state index >= 15 is 0 Å². The number of amides is 2. The number of benzene rings is 3. The predicted molar refractivity (Wildman–Crippen MR) is 141 cm³/mol. The van der Waals surface area contributed by atoms with Crippen molar-refractivity contribution in [2.24, 2.45) is 4.99 Å². The molecule has 2 amide bonds. The topological polar surface area (TPSA) is 98.7 Å². The number of nitrogens with zero attached hydrogens (tertiary/aromatic N) is 2. The van der Waals surface area contributed by atoms with Gasteiger partial charge in [-0.15, -0.1) is 13.2 Å². The van der Waals surface area contributed by atoms with Crippen LogP contribution in [0.2, 0.25) is 0 Å². The molecule has 0 aromatic heterocycles. The number of amidine groups is 1. The van der Waals surface area contributed by atoms with Gasteiger partial charge in [0.05, 0.1) is 19.3 Å². The molecule has 0 aliphatic carbocycles. The summed E-state index contributed by atoms with van der Waals surface area (Å²) < 4.78 is 57.1. The quantitative estimate of drug-likeness (QED) is 0.400. The van der Waals surface area contributed by atoms with Gasteiger partial charge in [0.2, 0.25) is 18.6 Å². The molecule has 1 atom stereocenters. The Morgan fingerprint density at radius 3 is 2.45 bits per heavy atom. The molecule has 208 valence electrons. The van der Waals surface area contributed by atoms with E-state index in [2.05, 4.69) is 15.0 Å². The highest BCUT2D eigenvalue weighted by atomic mass is 32.2. The van der Waals surface area contributed by atoms with Gasteiger partial charge >= 0.3 is 6.36 Å². The maximum absolute atomic E-state index is 13.3. The number of methoxy groups -OCH3 is 1. The summed E-state index contributed by atoms with van der Waals surface area (Å²) in [6, 6.07) is 17.0. The highest BCUT2D eigenvalue weighted by molar-refractivity contribution is 8.15. The minimum Gasteiger partial charge on any atom is -0.497 e. The minimum atomic E-state index is -4.82. The lowest BCUT2D eigenvalue weighted by Crippen LogP contribution is -2.44. The van der Waals surface area contributed by atoms with Gasteiger partial charge in [0.25, 0.3) is 0 Å². The van der Waals surface area contributed by atoms with E-state index in [-0.39, 0.29) is 31.4 Å². The molecule has 0 spiro atoms. The van der Waals surface area contributed by atoms with Gasteiger partial charge in [-0.2, -0.15) is 0 Å². The Kier molecular flexibility index (Phi) is 7.74. The second kappa shape index (κ2) is 11.4. The number of anilines is 1. The molecule has 1 fully saturated rings. The molecule has 2 aliphatic rings. The third-order valence-electron chi connectivity index (χ3n) is 5.86. The normalized spacial score (nSPS) is 17.6. The van der Waals surface area contributed by atoms with Crippen LogP contribution in [0.1, 0.15) is 12.0 Å². The number of carbonyl (C=O) groups is 2.